The van der Waals surface area contributed by atoms with Gasteiger partial charge in [-0.05, 0) is 60.6 Å². The van der Waals surface area contributed by atoms with E-state index in [9.17, 15) is 29.3 Å². The van der Waals surface area contributed by atoms with Crippen molar-refractivity contribution in [3.8, 4) is 5.69 Å². The fourth-order valence-electron chi connectivity index (χ4n) is 4.55. The second-order valence-corrected chi connectivity index (χ2v) is 9.85. The molecule has 2 atom stereocenters. The number of benzene rings is 2. The number of aliphatic carboxylic acids is 1. The molecule has 0 fully saturated rings. The van der Waals surface area contributed by atoms with Crippen molar-refractivity contribution >= 4 is 11.9 Å². The number of ether oxygens (including phenoxy) is 1. The van der Waals surface area contributed by atoms with Gasteiger partial charge in [0.05, 0.1) is 24.5 Å². The van der Waals surface area contributed by atoms with Crippen LogP contribution in [0.25, 0.3) is 5.69 Å². The zero-order valence-electron chi connectivity index (χ0n) is 23.4. The maximum Gasteiger partial charge on any atom is 1.00 e. The van der Waals surface area contributed by atoms with Gasteiger partial charge in [-0.2, -0.15) is 5.10 Å². The number of hydrogen-bond acceptors (Lipinski definition) is 7. The van der Waals surface area contributed by atoms with Gasteiger partial charge in [0.25, 0.3) is 5.91 Å². The van der Waals surface area contributed by atoms with E-state index >= 15 is 0 Å². The molecule has 0 aliphatic rings. The van der Waals surface area contributed by atoms with E-state index in [2.05, 4.69) is 10.4 Å². The molecular formula is C29H35FN3NaO6. The minimum Gasteiger partial charge on any atom is -0.550 e. The zero-order valence-corrected chi connectivity index (χ0v) is 25.4. The van der Waals surface area contributed by atoms with Crippen LogP contribution in [0.4, 0.5) is 4.39 Å². The van der Waals surface area contributed by atoms with E-state index in [1.165, 1.54) is 12.1 Å². The normalized spacial score (nSPS) is 12.6. The number of carbonyl (C=O) groups is 2. The number of aliphatic hydroxyl groups excluding tert-OH is 2. The molecule has 0 aliphatic carbocycles. The molecular weight excluding hydrogens is 528 g/mol. The van der Waals surface area contributed by atoms with Crippen molar-refractivity contribution in [2.24, 2.45) is 0 Å². The van der Waals surface area contributed by atoms with Crippen LogP contribution in [0, 0.1) is 5.82 Å². The molecule has 0 saturated carbocycles. The number of aliphatic hydroxyl groups is 2. The third-order valence-electron chi connectivity index (χ3n) is 6.30. The first-order valence-electron chi connectivity index (χ1n) is 12.9. The number of nitrogens with zero attached hydrogens (tertiary/aromatic N) is 2. The smallest absolute Gasteiger partial charge is 0.550 e. The van der Waals surface area contributed by atoms with Crippen LogP contribution >= 0.6 is 0 Å². The molecule has 3 N–H and O–H groups in total. The Morgan fingerprint density at radius 2 is 1.77 bits per heavy atom. The van der Waals surface area contributed by atoms with E-state index in [0.717, 1.165) is 11.1 Å². The predicted molar refractivity (Wildman–Crippen MR) is 141 cm³/mol. The summed E-state index contributed by atoms with van der Waals surface area (Å²) < 4.78 is 20.4. The van der Waals surface area contributed by atoms with Gasteiger partial charge in [0.15, 0.2) is 5.69 Å². The number of carbonyl (C=O) groups excluding carboxylic acids is 2. The van der Waals surface area contributed by atoms with Gasteiger partial charge in [-0.1, -0.05) is 38.1 Å². The molecule has 40 heavy (non-hydrogen) atoms. The van der Waals surface area contributed by atoms with Crippen LogP contribution in [0.3, 0.4) is 0 Å². The molecule has 0 spiro atoms. The topological polar surface area (TPSA) is 137 Å². The van der Waals surface area contributed by atoms with Gasteiger partial charge in [0.2, 0.25) is 0 Å². The van der Waals surface area contributed by atoms with Crippen LogP contribution in [-0.4, -0.2) is 51.2 Å². The third kappa shape index (κ3) is 9.50. The molecule has 210 valence electrons. The summed E-state index contributed by atoms with van der Waals surface area (Å²) in [6.45, 7) is 4.60. The first-order chi connectivity index (χ1) is 18.6. The van der Waals surface area contributed by atoms with Crippen LogP contribution in [0.5, 0.6) is 0 Å². The number of carboxylic acids is 1. The van der Waals surface area contributed by atoms with Crippen LogP contribution < -0.4 is 40.0 Å². The van der Waals surface area contributed by atoms with Crippen molar-refractivity contribution in [1.29, 1.82) is 0 Å². The number of nitrogens with one attached hydrogen (secondary N) is 1. The molecule has 11 heteroatoms. The summed E-state index contributed by atoms with van der Waals surface area (Å²) in [7, 11) is 1.62. The summed E-state index contributed by atoms with van der Waals surface area (Å²) in [6, 6.07) is 13.4. The van der Waals surface area contributed by atoms with Crippen molar-refractivity contribution in [2.75, 3.05) is 7.11 Å². The number of aromatic nitrogens is 2. The van der Waals surface area contributed by atoms with E-state index in [1.807, 2.05) is 38.1 Å². The maximum absolute atomic E-state index is 13.6. The van der Waals surface area contributed by atoms with Crippen LogP contribution in [-0.2, 0) is 29.1 Å². The van der Waals surface area contributed by atoms with Crippen molar-refractivity contribution < 1.29 is 63.6 Å². The minimum atomic E-state index is -1.40. The Morgan fingerprint density at radius 1 is 1.10 bits per heavy atom. The van der Waals surface area contributed by atoms with Crippen molar-refractivity contribution in [3.05, 3.63) is 82.4 Å². The summed E-state index contributed by atoms with van der Waals surface area (Å²) >= 11 is 0. The molecule has 0 saturated heterocycles. The third-order valence-corrected chi connectivity index (χ3v) is 6.30. The van der Waals surface area contributed by atoms with E-state index in [0.29, 0.717) is 23.6 Å². The SMILES string of the molecule is COCc1cccc(CNC(=O)c2nn(-c3ccc(F)cc3)c(CC[C@@H](O)C[C@@H](O)CC(=O)[O-])c2C(C)C)c1.[Na+]. The van der Waals surface area contributed by atoms with E-state index in [4.69, 9.17) is 4.74 Å². The Labute approximate surface area is 255 Å². The average Bonchev–Trinajstić information content (AvgIpc) is 3.26. The Morgan fingerprint density at radius 3 is 2.40 bits per heavy atom. The molecule has 1 amide bonds. The molecule has 9 nitrogen and oxygen atoms in total. The summed E-state index contributed by atoms with van der Waals surface area (Å²) in [5.74, 6) is -2.29. The second kappa shape index (κ2) is 16.0. The van der Waals surface area contributed by atoms with Crippen molar-refractivity contribution in [2.45, 2.75) is 70.8 Å². The Hall–Kier alpha value is -2.60. The molecule has 2 aromatic carbocycles. The predicted octanol–water partition coefficient (Wildman–Crippen LogP) is -0.600. The quantitative estimate of drug-likeness (QED) is 0.223. The second-order valence-electron chi connectivity index (χ2n) is 9.85. The van der Waals surface area contributed by atoms with Gasteiger partial charge in [0.1, 0.15) is 5.82 Å². The monoisotopic (exact) mass is 563 g/mol. The fraction of sp³-hybridized carbons (Fsp3) is 0.414. The summed E-state index contributed by atoms with van der Waals surface area (Å²) in [6.07, 6.45) is -2.47. The Balaban J connectivity index is 0.00000560. The Kier molecular flexibility index (Phi) is 13.4. The van der Waals surface area contributed by atoms with Crippen LogP contribution in [0.2, 0.25) is 0 Å². The zero-order chi connectivity index (χ0) is 28.5. The summed E-state index contributed by atoms with van der Waals surface area (Å²) in [5, 5.41) is 38.6. The molecule has 1 heterocycles. The van der Waals surface area contributed by atoms with E-state index in [-0.39, 0.29) is 72.9 Å². The molecule has 3 rings (SSSR count). The van der Waals surface area contributed by atoms with Gasteiger partial charge in [-0.3, -0.25) is 4.79 Å². The van der Waals surface area contributed by atoms with Gasteiger partial charge >= 0.3 is 29.6 Å². The number of rotatable bonds is 14. The largest absolute Gasteiger partial charge is 1.00 e. The van der Waals surface area contributed by atoms with Gasteiger partial charge in [-0.25, -0.2) is 9.07 Å². The number of amides is 1. The molecule has 3 aromatic rings. The van der Waals surface area contributed by atoms with E-state index < -0.39 is 30.4 Å². The number of hydrogen-bond donors (Lipinski definition) is 3. The number of halogens is 1. The van der Waals surface area contributed by atoms with Crippen LogP contribution in [0.15, 0.2) is 48.5 Å². The van der Waals surface area contributed by atoms with Crippen LogP contribution in [0.1, 0.15) is 71.9 Å². The molecule has 0 bridgehead atoms. The first kappa shape index (κ1) is 33.6. The van der Waals surface area contributed by atoms with Crippen molar-refractivity contribution in [3.63, 3.8) is 0 Å². The first-order valence-corrected chi connectivity index (χ1v) is 12.9. The summed E-state index contributed by atoms with van der Waals surface area (Å²) in [4.78, 5) is 24.1. The number of methoxy groups -OCH3 is 1. The maximum atomic E-state index is 13.6. The minimum absolute atomic E-state index is 0. The fourth-order valence-corrected chi connectivity index (χ4v) is 4.55. The van der Waals surface area contributed by atoms with Gasteiger partial charge < -0.3 is 30.2 Å². The summed E-state index contributed by atoms with van der Waals surface area (Å²) in [5.41, 5.74) is 4.01. The van der Waals surface area contributed by atoms with Gasteiger partial charge in [0, 0.05) is 37.3 Å². The molecule has 1 aromatic heterocycles. The Bertz CT molecular complexity index is 1270. The molecule has 0 radical (unpaired) electrons. The molecule has 0 unspecified atom stereocenters. The average molecular weight is 564 g/mol. The van der Waals surface area contributed by atoms with E-state index in [1.54, 1.807) is 23.9 Å². The van der Waals surface area contributed by atoms with Crippen molar-refractivity contribution in [1.82, 2.24) is 15.1 Å². The van der Waals surface area contributed by atoms with Gasteiger partial charge in [-0.15, -0.1) is 0 Å². The number of carboxylic acid groups (broad SMARTS) is 1. The molecule has 0 aliphatic heterocycles. The standard InChI is InChI=1S/C29H36FN3O6.Na/c1-18(2)27-25(12-11-23(34)14-24(35)15-26(36)37)33(22-9-7-21(30)8-10-22)32-28(27)29(38)31-16-19-5-4-6-20(13-19)17-39-3;/h4-10,13,18,23-24,34-35H,11-12,14-17H2,1-3H3,(H,31,38)(H,36,37);/q;+1/p-1/t23-,24-;/m1./s1.